The average Bonchev–Trinajstić information content (AvgIpc) is 3.02. The summed E-state index contributed by atoms with van der Waals surface area (Å²) in [6.45, 7) is 0.161. The predicted octanol–water partition coefficient (Wildman–Crippen LogP) is 2.55. The molecule has 0 atom stereocenters. The van der Waals surface area contributed by atoms with Crippen molar-refractivity contribution in [3.05, 3.63) is 64.7 Å². The molecule has 3 amide bonds. The van der Waals surface area contributed by atoms with Gasteiger partial charge in [-0.15, -0.1) is 0 Å². The summed E-state index contributed by atoms with van der Waals surface area (Å²) in [7, 11) is 3.18. The smallest absolute Gasteiger partial charge is 0.345 e. The standard InChI is InChI=1S/C20H17F3N4O3/c1-26(2)17(28)13-5-3-4-6-15(13)27-10-12-8-7-11(9-14(12)18(27)29)16(24)25-19(30)20(21,22)23/h3-9H,10H2,1-2H3,(H2,24,25,30). The molecule has 30 heavy (non-hydrogen) atoms. The lowest BCUT2D eigenvalue weighted by Crippen LogP contribution is -2.40. The van der Waals surface area contributed by atoms with Gasteiger partial charge in [0.25, 0.3) is 11.8 Å². The van der Waals surface area contributed by atoms with E-state index in [9.17, 15) is 27.6 Å². The van der Waals surface area contributed by atoms with Gasteiger partial charge in [-0.1, -0.05) is 24.3 Å². The van der Waals surface area contributed by atoms with E-state index in [-0.39, 0.29) is 23.6 Å². The number of rotatable bonds is 3. The van der Waals surface area contributed by atoms with Crippen LogP contribution in [-0.2, 0) is 11.3 Å². The number of fused-ring (bicyclic) bond motifs is 1. The Labute approximate surface area is 169 Å². The van der Waals surface area contributed by atoms with Crippen LogP contribution in [0.2, 0.25) is 0 Å². The van der Waals surface area contributed by atoms with E-state index in [4.69, 9.17) is 5.41 Å². The lowest BCUT2D eigenvalue weighted by atomic mass is 10.1. The van der Waals surface area contributed by atoms with Gasteiger partial charge in [-0.2, -0.15) is 13.2 Å². The van der Waals surface area contributed by atoms with Gasteiger partial charge in [-0.25, -0.2) is 0 Å². The number of halogens is 3. The van der Waals surface area contributed by atoms with Gasteiger partial charge in [0.2, 0.25) is 0 Å². The molecule has 10 heteroatoms. The van der Waals surface area contributed by atoms with Crippen LogP contribution in [0.15, 0.2) is 42.5 Å². The fourth-order valence-electron chi connectivity index (χ4n) is 3.04. The number of carbonyl (C=O) groups excluding carboxylic acids is 3. The Morgan fingerprint density at radius 1 is 1.13 bits per heavy atom. The average molecular weight is 418 g/mol. The van der Waals surface area contributed by atoms with Gasteiger partial charge in [-0.3, -0.25) is 19.8 Å². The fourth-order valence-corrected chi connectivity index (χ4v) is 3.04. The van der Waals surface area contributed by atoms with Crippen LogP contribution in [0.25, 0.3) is 0 Å². The van der Waals surface area contributed by atoms with Gasteiger partial charge in [0.1, 0.15) is 5.84 Å². The van der Waals surface area contributed by atoms with Crippen LogP contribution in [0.5, 0.6) is 0 Å². The molecule has 0 bridgehead atoms. The molecule has 1 heterocycles. The molecule has 0 saturated heterocycles. The third kappa shape index (κ3) is 3.88. The lowest BCUT2D eigenvalue weighted by molar-refractivity contribution is -0.171. The highest BCUT2D eigenvalue weighted by molar-refractivity contribution is 6.15. The molecule has 0 aromatic heterocycles. The second kappa shape index (κ2) is 7.62. The van der Waals surface area contributed by atoms with Crippen LogP contribution < -0.4 is 10.2 Å². The van der Waals surface area contributed by atoms with Crippen molar-refractivity contribution in [2.45, 2.75) is 12.7 Å². The minimum atomic E-state index is -5.13. The fraction of sp³-hybridized carbons (Fsp3) is 0.200. The van der Waals surface area contributed by atoms with E-state index in [0.29, 0.717) is 16.8 Å². The summed E-state index contributed by atoms with van der Waals surface area (Å²) < 4.78 is 37.2. The first-order valence-corrected chi connectivity index (χ1v) is 8.73. The van der Waals surface area contributed by atoms with Crippen LogP contribution in [-0.4, -0.2) is 48.7 Å². The summed E-state index contributed by atoms with van der Waals surface area (Å²) in [4.78, 5) is 39.2. The normalized spacial score (nSPS) is 13.1. The van der Waals surface area contributed by atoms with Gasteiger partial charge in [-0.05, 0) is 23.8 Å². The van der Waals surface area contributed by atoms with Crippen molar-refractivity contribution in [1.29, 1.82) is 5.41 Å². The Bertz CT molecular complexity index is 1060. The van der Waals surface area contributed by atoms with Gasteiger partial charge >= 0.3 is 12.1 Å². The summed E-state index contributed by atoms with van der Waals surface area (Å²) in [6, 6.07) is 10.7. The lowest BCUT2D eigenvalue weighted by Gasteiger charge is -2.21. The van der Waals surface area contributed by atoms with E-state index in [0.717, 1.165) is 0 Å². The van der Waals surface area contributed by atoms with E-state index in [2.05, 4.69) is 0 Å². The van der Waals surface area contributed by atoms with E-state index in [1.54, 1.807) is 38.4 Å². The van der Waals surface area contributed by atoms with Crippen LogP contribution in [0.1, 0.15) is 31.8 Å². The minimum absolute atomic E-state index is 0.0424. The highest BCUT2D eigenvalue weighted by Crippen LogP contribution is 2.31. The number of benzene rings is 2. The summed E-state index contributed by atoms with van der Waals surface area (Å²) in [5.74, 6) is -3.78. The Morgan fingerprint density at radius 2 is 1.80 bits per heavy atom. The molecule has 3 rings (SSSR count). The maximum atomic E-state index is 13.0. The summed E-state index contributed by atoms with van der Waals surface area (Å²) in [5.41, 5.74) is 1.46. The Morgan fingerprint density at radius 3 is 2.43 bits per heavy atom. The number of alkyl halides is 3. The van der Waals surface area contributed by atoms with Gasteiger partial charge in [0.05, 0.1) is 17.8 Å². The highest BCUT2D eigenvalue weighted by atomic mass is 19.4. The molecule has 0 fully saturated rings. The third-order valence-electron chi connectivity index (χ3n) is 4.53. The molecule has 0 saturated carbocycles. The SMILES string of the molecule is CN(C)C(=O)c1ccccc1N1Cc2ccc(C(=N)NC(=O)C(F)(F)F)cc2C1=O. The first kappa shape index (κ1) is 21.0. The van der Waals surface area contributed by atoms with Crippen LogP contribution in [0, 0.1) is 5.41 Å². The van der Waals surface area contributed by atoms with Crippen molar-refractivity contribution in [1.82, 2.24) is 10.2 Å². The largest absolute Gasteiger partial charge is 0.471 e. The minimum Gasteiger partial charge on any atom is -0.345 e. The van der Waals surface area contributed by atoms with Crippen molar-refractivity contribution < 1.29 is 27.6 Å². The first-order valence-electron chi connectivity index (χ1n) is 8.73. The molecule has 0 radical (unpaired) electrons. The predicted molar refractivity (Wildman–Crippen MR) is 102 cm³/mol. The van der Waals surface area contributed by atoms with E-state index >= 15 is 0 Å². The van der Waals surface area contributed by atoms with E-state index < -0.39 is 23.8 Å². The van der Waals surface area contributed by atoms with Crippen molar-refractivity contribution in [3.63, 3.8) is 0 Å². The van der Waals surface area contributed by atoms with Gasteiger partial charge < -0.3 is 15.1 Å². The molecule has 7 nitrogen and oxygen atoms in total. The van der Waals surface area contributed by atoms with Crippen LogP contribution >= 0.6 is 0 Å². The number of anilines is 1. The number of amidine groups is 1. The topological polar surface area (TPSA) is 93.6 Å². The maximum Gasteiger partial charge on any atom is 0.471 e. The number of hydrogen-bond acceptors (Lipinski definition) is 4. The monoisotopic (exact) mass is 418 g/mol. The van der Waals surface area contributed by atoms with Crippen molar-refractivity contribution in [2.24, 2.45) is 0 Å². The molecule has 0 aliphatic carbocycles. The Balaban J connectivity index is 1.90. The third-order valence-corrected chi connectivity index (χ3v) is 4.53. The number of nitrogens with one attached hydrogen (secondary N) is 2. The van der Waals surface area contributed by atoms with Gasteiger partial charge in [0.15, 0.2) is 0 Å². The highest BCUT2D eigenvalue weighted by Gasteiger charge is 2.39. The summed E-state index contributed by atoms with van der Waals surface area (Å²) in [6.07, 6.45) is -5.13. The molecule has 2 aromatic rings. The molecule has 0 spiro atoms. The molecule has 0 unspecified atom stereocenters. The molecule has 1 aliphatic heterocycles. The molecule has 156 valence electrons. The number of para-hydroxylation sites is 1. The number of amides is 3. The second-order valence-electron chi connectivity index (χ2n) is 6.81. The maximum absolute atomic E-state index is 13.0. The summed E-state index contributed by atoms with van der Waals surface area (Å²) >= 11 is 0. The van der Waals surface area contributed by atoms with E-state index in [1.807, 2.05) is 0 Å². The van der Waals surface area contributed by atoms with Crippen molar-refractivity contribution >= 4 is 29.2 Å². The number of nitrogens with zero attached hydrogens (tertiary/aromatic N) is 2. The van der Waals surface area contributed by atoms with Crippen LogP contribution in [0.4, 0.5) is 18.9 Å². The molecule has 1 aliphatic rings. The zero-order valence-electron chi connectivity index (χ0n) is 16.0. The zero-order chi connectivity index (χ0) is 22.2. The Hall–Kier alpha value is -3.69. The summed E-state index contributed by atoms with van der Waals surface area (Å²) in [5, 5.41) is 9.18. The zero-order valence-corrected chi connectivity index (χ0v) is 16.0. The van der Waals surface area contributed by atoms with Crippen molar-refractivity contribution in [3.8, 4) is 0 Å². The molecule has 2 aromatic carbocycles. The van der Waals surface area contributed by atoms with Crippen molar-refractivity contribution in [2.75, 3.05) is 19.0 Å². The molecular formula is C20H17F3N4O3. The quantitative estimate of drug-likeness (QED) is 0.593. The second-order valence-corrected chi connectivity index (χ2v) is 6.81. The molecule has 2 N–H and O–H groups in total. The van der Waals surface area contributed by atoms with Crippen LogP contribution in [0.3, 0.4) is 0 Å². The number of carbonyl (C=O) groups is 3. The number of hydrogen-bond donors (Lipinski definition) is 2. The van der Waals surface area contributed by atoms with E-state index in [1.165, 1.54) is 33.3 Å². The first-order chi connectivity index (χ1) is 14.0. The van der Waals surface area contributed by atoms with Gasteiger partial charge in [0, 0.05) is 25.2 Å². The molecular weight excluding hydrogens is 401 g/mol. The Kier molecular flexibility index (Phi) is 5.34.